The Bertz CT molecular complexity index is 4920. The molecular formula is C70H62F3N7O10. The van der Waals surface area contributed by atoms with Crippen LogP contribution in [0, 0.1) is 13.8 Å². The Morgan fingerprint density at radius 2 is 1.22 bits per heavy atom. The van der Waals surface area contributed by atoms with E-state index in [4.69, 9.17) is 34.0 Å². The molecule has 0 fully saturated rings. The number of nitrogens with zero attached hydrogens (tertiary/aromatic N) is 7. The van der Waals surface area contributed by atoms with E-state index in [1.807, 2.05) is 87.0 Å². The van der Waals surface area contributed by atoms with Crippen molar-refractivity contribution in [1.29, 1.82) is 0 Å². The summed E-state index contributed by atoms with van der Waals surface area (Å²) in [4.78, 5) is 68.6. The molecule has 5 aromatic carbocycles. The number of pyridine rings is 5. The first-order valence-electron chi connectivity index (χ1n) is 29.5. The van der Waals surface area contributed by atoms with Crippen molar-refractivity contribution in [3.8, 4) is 33.8 Å². The Kier molecular flexibility index (Phi) is 14.5. The number of carbonyl (C=O) groups is 2. The largest absolute Gasteiger partial charge is 0.493 e. The van der Waals surface area contributed by atoms with Crippen LogP contribution in [0.5, 0.6) is 11.5 Å². The Balaban J connectivity index is 0.870. The maximum Gasteiger partial charge on any atom is 0.417 e. The van der Waals surface area contributed by atoms with Gasteiger partial charge in [-0.05, 0) is 173 Å². The van der Waals surface area contributed by atoms with Gasteiger partial charge in [0.25, 0.3) is 11.1 Å². The van der Waals surface area contributed by atoms with Crippen molar-refractivity contribution in [2.75, 3.05) is 6.61 Å². The number of hydrogen-bond acceptors (Lipinski definition) is 12. The topological polar surface area (TPSA) is 212 Å². The molecule has 0 spiro atoms. The second-order valence-electron chi connectivity index (χ2n) is 25.2. The molecule has 2 aliphatic heterocycles. The zero-order valence-corrected chi connectivity index (χ0v) is 50.5. The standard InChI is InChI=1S/C70H62F3N7O10/c1-36-26-50-44(14-18-54(81)78(50)33-38-28-42(31-74-30-38)70(71,72)73)60(56(36)64(66(83)84)89-68(3,4)5)47-13-17-53-59-40(21-24-76-63(47)59)29-43(88-53)35-80-49-11-9-10-41(48(49)32-77-80)34-79-51-27-37(2)57(65(67(85)86)90-69(6,7)8)61(45(51)15-19-55(79)82)46-12-16-52-58-39(22-25-87-52)20-23-75-62(46)58/h9-21,23-24,26-28,30-32,43,64-65H,22,25,29,33-35H2,1-8H3,(H,83,84)(H,85,86)/t43?,64-,65-/m0/s1. The molecule has 20 heteroatoms. The van der Waals surface area contributed by atoms with Gasteiger partial charge in [-0.25, -0.2) is 9.59 Å². The quantitative estimate of drug-likeness (QED) is 0.104. The minimum absolute atomic E-state index is 0.134. The maximum atomic E-state index is 14.4. The van der Waals surface area contributed by atoms with E-state index in [1.54, 1.807) is 75.1 Å². The predicted octanol–water partition coefficient (Wildman–Crippen LogP) is 13.0. The van der Waals surface area contributed by atoms with Crippen molar-refractivity contribution in [2.45, 2.75) is 124 Å². The molecule has 90 heavy (non-hydrogen) atoms. The molecule has 3 atom stereocenters. The normalized spacial score (nSPS) is 14.9. The summed E-state index contributed by atoms with van der Waals surface area (Å²) in [6.07, 6.45) is 0.303. The van der Waals surface area contributed by atoms with Crippen LogP contribution in [-0.2, 0) is 57.7 Å². The van der Waals surface area contributed by atoms with Gasteiger partial charge in [-0.1, -0.05) is 12.1 Å². The van der Waals surface area contributed by atoms with Gasteiger partial charge < -0.3 is 38.3 Å². The number of aryl methyl sites for hydroxylation is 2. The van der Waals surface area contributed by atoms with Gasteiger partial charge in [0, 0.05) is 98.9 Å². The van der Waals surface area contributed by atoms with E-state index in [2.05, 4.69) is 4.98 Å². The SMILES string of the molecule is Cc1cc2c(ccc(=O)n2Cc2cccc3c2cnn3CC2Cc3ccnc4c(-c5c([C@H](OC(C)(C)C)C(=O)O)c(C)cc6c5ccc(=O)n6Cc5cncc(C(F)(F)F)c5)ccc(c34)O2)c(-c2ccc3c4c(ccnc24)CCO3)c1[C@H](OC(C)(C)C)C(=O)O. The van der Waals surface area contributed by atoms with Gasteiger partial charge in [-0.15, -0.1) is 0 Å². The lowest BCUT2D eigenvalue weighted by atomic mass is 9.86. The van der Waals surface area contributed by atoms with Crippen molar-refractivity contribution in [2.24, 2.45) is 0 Å². The van der Waals surface area contributed by atoms with Gasteiger partial charge in [0.05, 0.1) is 76.8 Å². The number of halogens is 3. The van der Waals surface area contributed by atoms with Crippen LogP contribution >= 0.6 is 0 Å². The van der Waals surface area contributed by atoms with E-state index in [0.717, 1.165) is 45.2 Å². The van der Waals surface area contributed by atoms with Crippen LogP contribution in [0.25, 0.3) is 76.8 Å². The first-order chi connectivity index (χ1) is 42.8. The summed E-state index contributed by atoms with van der Waals surface area (Å²) in [7, 11) is 0. The number of fused-ring (bicyclic) bond motifs is 3. The monoisotopic (exact) mass is 1220 g/mol. The molecule has 0 saturated heterocycles. The molecule has 1 unspecified atom stereocenters. The lowest BCUT2D eigenvalue weighted by Gasteiger charge is -2.30. The highest BCUT2D eigenvalue weighted by Crippen LogP contribution is 2.48. The predicted molar refractivity (Wildman–Crippen MR) is 334 cm³/mol. The number of carboxylic acid groups (broad SMARTS) is 2. The van der Waals surface area contributed by atoms with Crippen LogP contribution in [0.2, 0.25) is 0 Å². The minimum atomic E-state index is -4.67. The average Bonchev–Trinajstić information content (AvgIpc) is 0.811. The molecule has 0 radical (unpaired) electrons. The van der Waals surface area contributed by atoms with Crippen LogP contribution in [0.15, 0.2) is 138 Å². The van der Waals surface area contributed by atoms with Gasteiger partial charge in [0.15, 0.2) is 12.2 Å². The number of aliphatic carboxylic acids is 2. The van der Waals surface area contributed by atoms with E-state index in [-0.39, 0.29) is 24.2 Å². The van der Waals surface area contributed by atoms with Crippen LogP contribution < -0.4 is 20.6 Å². The van der Waals surface area contributed by atoms with Crippen molar-refractivity contribution < 1.29 is 51.9 Å². The molecule has 11 aromatic rings. The summed E-state index contributed by atoms with van der Waals surface area (Å²) in [6, 6.07) is 27.8. The summed E-state index contributed by atoms with van der Waals surface area (Å²) in [6.45, 7) is 14.9. The molecule has 17 nitrogen and oxygen atoms in total. The third kappa shape index (κ3) is 10.7. The number of aromatic nitrogens is 7. The van der Waals surface area contributed by atoms with Crippen molar-refractivity contribution in [1.82, 2.24) is 33.9 Å². The first-order valence-corrected chi connectivity index (χ1v) is 29.5. The van der Waals surface area contributed by atoms with Crippen molar-refractivity contribution in [3.05, 3.63) is 199 Å². The summed E-state index contributed by atoms with van der Waals surface area (Å²) in [5, 5.41) is 30.2. The third-order valence-corrected chi connectivity index (χ3v) is 16.7. The number of alkyl halides is 3. The van der Waals surface area contributed by atoms with E-state index in [1.165, 1.54) is 22.9 Å². The van der Waals surface area contributed by atoms with Crippen molar-refractivity contribution in [3.63, 3.8) is 0 Å². The third-order valence-electron chi connectivity index (χ3n) is 16.7. The average molecular weight is 1220 g/mol. The Morgan fingerprint density at radius 1 is 0.656 bits per heavy atom. The second-order valence-corrected chi connectivity index (χ2v) is 25.2. The van der Waals surface area contributed by atoms with Gasteiger partial charge >= 0.3 is 18.1 Å². The minimum Gasteiger partial charge on any atom is -0.493 e. The lowest BCUT2D eigenvalue weighted by molar-refractivity contribution is -0.161. The van der Waals surface area contributed by atoms with Crippen LogP contribution in [0.1, 0.15) is 104 Å². The molecule has 2 aliphatic rings. The molecule has 8 heterocycles. The van der Waals surface area contributed by atoms with Gasteiger partial charge in [-0.3, -0.25) is 29.2 Å². The zero-order chi connectivity index (χ0) is 63.5. The number of rotatable bonds is 14. The number of benzene rings is 5. The molecule has 6 aromatic heterocycles. The van der Waals surface area contributed by atoms with Gasteiger partial charge in [-0.2, -0.15) is 18.3 Å². The number of ether oxygens (including phenoxy) is 4. The Hall–Kier alpha value is -9.79. The molecular weight excluding hydrogens is 1160 g/mol. The highest BCUT2D eigenvalue weighted by molar-refractivity contribution is 6.10. The van der Waals surface area contributed by atoms with Crippen LogP contribution in [-0.4, -0.2) is 79.9 Å². The summed E-state index contributed by atoms with van der Waals surface area (Å²) < 4.78 is 72.2. The summed E-state index contributed by atoms with van der Waals surface area (Å²) in [5.74, 6) is -1.21. The fourth-order valence-corrected chi connectivity index (χ4v) is 13.1. The van der Waals surface area contributed by atoms with Gasteiger partial charge in [0.1, 0.15) is 17.6 Å². The Morgan fingerprint density at radius 3 is 1.80 bits per heavy atom. The van der Waals surface area contributed by atoms with Crippen molar-refractivity contribution >= 4 is 66.5 Å². The summed E-state index contributed by atoms with van der Waals surface area (Å²) in [5.41, 5.74) is 6.26. The van der Waals surface area contributed by atoms with E-state index >= 15 is 0 Å². The van der Waals surface area contributed by atoms with E-state index in [0.29, 0.717) is 120 Å². The molecule has 0 bridgehead atoms. The fraction of sp³-hybridized carbons (Fsp3) is 0.286. The molecule has 0 saturated carbocycles. The van der Waals surface area contributed by atoms with E-state index in [9.17, 15) is 42.6 Å². The Labute approximate surface area is 512 Å². The highest BCUT2D eigenvalue weighted by atomic mass is 19.4. The maximum absolute atomic E-state index is 14.4. The van der Waals surface area contributed by atoms with Crippen LogP contribution in [0.3, 0.4) is 0 Å². The number of hydrogen-bond donors (Lipinski definition) is 2. The molecule has 0 aliphatic carbocycles. The molecule has 0 amide bonds. The summed E-state index contributed by atoms with van der Waals surface area (Å²) >= 11 is 0. The second kappa shape index (κ2) is 22.1. The van der Waals surface area contributed by atoms with E-state index < -0.39 is 58.8 Å². The van der Waals surface area contributed by atoms with Gasteiger partial charge in [0.2, 0.25) is 0 Å². The van der Waals surface area contributed by atoms with Crippen LogP contribution in [0.4, 0.5) is 13.2 Å². The lowest BCUT2D eigenvalue weighted by Crippen LogP contribution is -2.29. The fourth-order valence-electron chi connectivity index (χ4n) is 13.1. The number of carboxylic acids is 2. The molecule has 13 rings (SSSR count). The first kappa shape index (κ1) is 59.2. The molecule has 2 N–H and O–H groups in total. The molecule has 458 valence electrons. The zero-order valence-electron chi connectivity index (χ0n) is 50.5. The smallest absolute Gasteiger partial charge is 0.417 e. The highest BCUT2D eigenvalue weighted by Gasteiger charge is 2.37.